The van der Waals surface area contributed by atoms with Crippen LogP contribution in [-0.4, -0.2) is 22.5 Å². The molecule has 0 unspecified atom stereocenters. The standard InChI is InChI=1S/C17H18N4O2S/c1-3-23-16(22)15-11(2)19-17(24-15)21-18-9-8-13-10-12-6-4-5-7-14(12)20-13/h4-10,18,20H,3H2,1-2H3,(H,19,21)/b9-8+. The van der Waals surface area contributed by atoms with Crippen molar-refractivity contribution in [2.24, 2.45) is 0 Å². The van der Waals surface area contributed by atoms with Crippen molar-refractivity contribution in [3.63, 3.8) is 0 Å². The highest BCUT2D eigenvalue weighted by Gasteiger charge is 2.15. The van der Waals surface area contributed by atoms with Gasteiger partial charge in [-0.25, -0.2) is 9.78 Å². The number of rotatable bonds is 6. The Labute approximate surface area is 143 Å². The summed E-state index contributed by atoms with van der Waals surface area (Å²) in [6, 6.07) is 10.2. The molecule has 0 amide bonds. The Morgan fingerprint density at radius 3 is 3.04 bits per heavy atom. The molecule has 0 atom stereocenters. The zero-order valence-corrected chi connectivity index (χ0v) is 14.2. The number of thiazole rings is 1. The average Bonchev–Trinajstić information content (AvgIpc) is 3.14. The van der Waals surface area contributed by atoms with Crippen LogP contribution in [0.1, 0.15) is 28.0 Å². The van der Waals surface area contributed by atoms with Crippen LogP contribution in [0.5, 0.6) is 0 Å². The first kappa shape index (κ1) is 16.1. The summed E-state index contributed by atoms with van der Waals surface area (Å²) in [5.41, 5.74) is 8.65. The van der Waals surface area contributed by atoms with E-state index in [4.69, 9.17) is 4.74 Å². The number of para-hydroxylation sites is 1. The maximum Gasteiger partial charge on any atom is 0.350 e. The molecule has 3 rings (SSSR count). The van der Waals surface area contributed by atoms with Gasteiger partial charge in [-0.2, -0.15) is 0 Å². The molecule has 0 aliphatic carbocycles. The summed E-state index contributed by atoms with van der Waals surface area (Å²) in [5.74, 6) is -0.339. The molecule has 3 N–H and O–H groups in total. The number of nitrogens with zero attached hydrogens (tertiary/aromatic N) is 1. The number of carbonyl (C=O) groups is 1. The third-order valence-corrected chi connectivity index (χ3v) is 4.39. The number of nitrogens with one attached hydrogen (secondary N) is 3. The normalized spacial score (nSPS) is 11.1. The maximum atomic E-state index is 11.8. The van der Waals surface area contributed by atoms with Crippen LogP contribution in [0.2, 0.25) is 0 Å². The van der Waals surface area contributed by atoms with Crippen molar-refractivity contribution < 1.29 is 9.53 Å². The van der Waals surface area contributed by atoms with Crippen molar-refractivity contribution in [1.29, 1.82) is 0 Å². The first-order chi connectivity index (χ1) is 11.7. The Morgan fingerprint density at radius 2 is 2.25 bits per heavy atom. The molecule has 3 aromatic rings. The van der Waals surface area contributed by atoms with E-state index < -0.39 is 0 Å². The van der Waals surface area contributed by atoms with Gasteiger partial charge in [0.05, 0.1) is 12.3 Å². The number of anilines is 1. The van der Waals surface area contributed by atoms with Crippen LogP contribution < -0.4 is 10.9 Å². The van der Waals surface area contributed by atoms with Gasteiger partial charge in [0.25, 0.3) is 0 Å². The Kier molecular flexibility index (Phi) is 4.81. The van der Waals surface area contributed by atoms with E-state index >= 15 is 0 Å². The number of ether oxygens (including phenoxy) is 1. The summed E-state index contributed by atoms with van der Waals surface area (Å²) in [4.78, 5) is 19.9. The zero-order valence-electron chi connectivity index (χ0n) is 13.4. The van der Waals surface area contributed by atoms with Crippen molar-refractivity contribution in [1.82, 2.24) is 15.4 Å². The minimum absolute atomic E-state index is 0.339. The summed E-state index contributed by atoms with van der Waals surface area (Å²) >= 11 is 1.26. The van der Waals surface area contributed by atoms with Gasteiger partial charge < -0.3 is 15.1 Å². The topological polar surface area (TPSA) is 79.0 Å². The number of benzene rings is 1. The molecule has 0 spiro atoms. The van der Waals surface area contributed by atoms with E-state index in [2.05, 4.69) is 33.0 Å². The van der Waals surface area contributed by atoms with Crippen LogP contribution in [-0.2, 0) is 4.74 Å². The highest BCUT2D eigenvalue weighted by atomic mass is 32.1. The molecule has 6 nitrogen and oxygen atoms in total. The van der Waals surface area contributed by atoms with Crippen molar-refractivity contribution in [2.75, 3.05) is 12.0 Å². The molecular formula is C17H18N4O2S. The lowest BCUT2D eigenvalue weighted by Crippen LogP contribution is -2.13. The summed E-state index contributed by atoms with van der Waals surface area (Å²) in [7, 11) is 0. The van der Waals surface area contributed by atoms with Gasteiger partial charge in [-0.1, -0.05) is 29.5 Å². The van der Waals surface area contributed by atoms with E-state index in [0.29, 0.717) is 22.3 Å². The van der Waals surface area contributed by atoms with Gasteiger partial charge in [-0.3, -0.25) is 5.43 Å². The molecule has 24 heavy (non-hydrogen) atoms. The highest BCUT2D eigenvalue weighted by Crippen LogP contribution is 2.22. The Hall–Kier alpha value is -2.80. The van der Waals surface area contributed by atoms with Crippen LogP contribution in [0.4, 0.5) is 5.13 Å². The minimum atomic E-state index is -0.339. The average molecular weight is 342 g/mol. The molecule has 1 aromatic carbocycles. The minimum Gasteiger partial charge on any atom is -0.462 e. The van der Waals surface area contributed by atoms with Gasteiger partial charge in [0, 0.05) is 17.4 Å². The smallest absolute Gasteiger partial charge is 0.350 e. The number of hydrazine groups is 1. The predicted molar refractivity (Wildman–Crippen MR) is 96.9 cm³/mol. The molecule has 0 radical (unpaired) electrons. The van der Waals surface area contributed by atoms with Crippen molar-refractivity contribution in [2.45, 2.75) is 13.8 Å². The van der Waals surface area contributed by atoms with Crippen LogP contribution in [0, 0.1) is 6.92 Å². The highest BCUT2D eigenvalue weighted by molar-refractivity contribution is 7.17. The summed E-state index contributed by atoms with van der Waals surface area (Å²) < 4.78 is 5.00. The van der Waals surface area contributed by atoms with Crippen LogP contribution in [0.15, 0.2) is 36.5 Å². The number of fused-ring (bicyclic) bond motifs is 1. The number of hydrogen-bond donors (Lipinski definition) is 3. The quantitative estimate of drug-likeness (QED) is 0.470. The number of hydrogen-bond acceptors (Lipinski definition) is 6. The van der Waals surface area contributed by atoms with Crippen molar-refractivity contribution in [3.8, 4) is 0 Å². The van der Waals surface area contributed by atoms with Crippen LogP contribution in [0.25, 0.3) is 17.0 Å². The lowest BCUT2D eigenvalue weighted by molar-refractivity contribution is 0.0531. The van der Waals surface area contributed by atoms with Gasteiger partial charge in [0.2, 0.25) is 5.13 Å². The van der Waals surface area contributed by atoms with Gasteiger partial charge in [-0.15, -0.1) is 0 Å². The third-order valence-electron chi connectivity index (χ3n) is 3.33. The van der Waals surface area contributed by atoms with Gasteiger partial charge >= 0.3 is 5.97 Å². The summed E-state index contributed by atoms with van der Waals surface area (Å²) in [5, 5.41) is 1.77. The molecule has 124 valence electrons. The molecule has 0 saturated carbocycles. The molecule has 7 heteroatoms. The Balaban J connectivity index is 1.60. The first-order valence-corrected chi connectivity index (χ1v) is 8.39. The number of aryl methyl sites for hydroxylation is 1. The zero-order chi connectivity index (χ0) is 16.9. The fourth-order valence-corrected chi connectivity index (χ4v) is 3.08. The second-order valence-corrected chi connectivity index (χ2v) is 6.07. The van der Waals surface area contributed by atoms with Crippen molar-refractivity contribution in [3.05, 3.63) is 52.8 Å². The van der Waals surface area contributed by atoms with E-state index in [-0.39, 0.29) is 5.97 Å². The summed E-state index contributed by atoms with van der Waals surface area (Å²) in [6.07, 6.45) is 3.69. The third kappa shape index (κ3) is 3.57. The van der Waals surface area contributed by atoms with E-state index in [9.17, 15) is 4.79 Å². The monoisotopic (exact) mass is 342 g/mol. The predicted octanol–water partition coefficient (Wildman–Crippen LogP) is 3.70. The van der Waals surface area contributed by atoms with E-state index in [1.54, 1.807) is 20.0 Å². The maximum absolute atomic E-state index is 11.8. The first-order valence-electron chi connectivity index (χ1n) is 7.57. The molecule has 0 fully saturated rings. The van der Waals surface area contributed by atoms with Gasteiger partial charge in [0.15, 0.2) is 0 Å². The SMILES string of the molecule is CCOC(=O)c1sc(NN/C=C/c2cc3ccccc3[nH]2)nc1C. The lowest BCUT2D eigenvalue weighted by atomic mass is 10.2. The lowest BCUT2D eigenvalue weighted by Gasteiger charge is -1.99. The molecular weight excluding hydrogens is 324 g/mol. The van der Waals surface area contributed by atoms with Gasteiger partial charge in [-0.05, 0) is 37.4 Å². The Morgan fingerprint density at radius 1 is 1.42 bits per heavy atom. The summed E-state index contributed by atoms with van der Waals surface area (Å²) in [6.45, 7) is 3.92. The Bertz CT molecular complexity index is 849. The van der Waals surface area contributed by atoms with E-state index in [0.717, 1.165) is 11.2 Å². The van der Waals surface area contributed by atoms with Gasteiger partial charge in [0.1, 0.15) is 4.88 Å². The van der Waals surface area contributed by atoms with Crippen LogP contribution >= 0.6 is 11.3 Å². The molecule has 0 saturated heterocycles. The van der Waals surface area contributed by atoms with E-state index in [1.807, 2.05) is 24.3 Å². The fourth-order valence-electron chi connectivity index (χ4n) is 2.26. The number of H-pyrrole nitrogens is 1. The molecule has 2 aromatic heterocycles. The fraction of sp³-hybridized carbons (Fsp3) is 0.176. The van der Waals surface area contributed by atoms with Crippen molar-refractivity contribution >= 4 is 39.4 Å². The second kappa shape index (κ2) is 7.18. The molecule has 0 bridgehead atoms. The largest absolute Gasteiger partial charge is 0.462 e. The molecule has 2 heterocycles. The molecule has 0 aliphatic rings. The number of esters is 1. The van der Waals surface area contributed by atoms with Crippen LogP contribution in [0.3, 0.4) is 0 Å². The number of carbonyl (C=O) groups excluding carboxylic acids is 1. The number of aromatic amines is 1. The number of aromatic nitrogens is 2. The van der Waals surface area contributed by atoms with E-state index in [1.165, 1.54) is 16.7 Å². The molecule has 0 aliphatic heterocycles. The second-order valence-electron chi connectivity index (χ2n) is 5.07.